The molecule has 0 bridgehead atoms. The van der Waals surface area contributed by atoms with E-state index < -0.39 is 0 Å². The molecule has 1 heterocycles. The Morgan fingerprint density at radius 3 is 2.56 bits per heavy atom. The zero-order valence-electron chi connectivity index (χ0n) is 11.1. The smallest absolute Gasteiger partial charge is 0.223 e. The largest absolute Gasteiger partial charge is 0.337 e. The van der Waals surface area contributed by atoms with Gasteiger partial charge in [-0.3, -0.25) is 4.79 Å². The number of likely N-dealkylation sites (tertiary alicyclic amines) is 1. The van der Waals surface area contributed by atoms with Crippen LogP contribution in [0.5, 0.6) is 0 Å². The molecule has 1 aliphatic heterocycles. The summed E-state index contributed by atoms with van der Waals surface area (Å²) in [6.45, 7) is 8.27. The van der Waals surface area contributed by atoms with E-state index in [9.17, 15) is 4.79 Å². The van der Waals surface area contributed by atoms with Crippen molar-refractivity contribution in [2.75, 3.05) is 0 Å². The average Bonchev–Trinajstić information content (AvgIpc) is 2.55. The van der Waals surface area contributed by atoms with E-state index in [0.717, 1.165) is 25.7 Å². The molecule has 1 saturated heterocycles. The fourth-order valence-corrected chi connectivity index (χ4v) is 2.48. The SMILES string of the molecule is CCC1CCC(C)N1C(=O)CCC(C)(C)N. The molecule has 0 aromatic heterocycles. The van der Waals surface area contributed by atoms with E-state index in [1.165, 1.54) is 0 Å². The molecule has 0 aromatic carbocycles. The van der Waals surface area contributed by atoms with Gasteiger partial charge in [-0.05, 0) is 46.5 Å². The molecule has 1 amide bonds. The zero-order valence-corrected chi connectivity index (χ0v) is 11.1. The van der Waals surface area contributed by atoms with Crippen LogP contribution in [0, 0.1) is 0 Å². The van der Waals surface area contributed by atoms with E-state index in [4.69, 9.17) is 5.73 Å². The highest BCUT2D eigenvalue weighted by Crippen LogP contribution is 2.27. The lowest BCUT2D eigenvalue weighted by Crippen LogP contribution is -2.41. The molecule has 94 valence electrons. The Hall–Kier alpha value is -0.570. The third kappa shape index (κ3) is 3.48. The van der Waals surface area contributed by atoms with Crippen LogP contribution in [-0.4, -0.2) is 28.4 Å². The summed E-state index contributed by atoms with van der Waals surface area (Å²) in [6, 6.07) is 0.877. The monoisotopic (exact) mass is 226 g/mol. The quantitative estimate of drug-likeness (QED) is 0.799. The number of hydrogen-bond acceptors (Lipinski definition) is 2. The molecule has 0 radical (unpaired) electrons. The van der Waals surface area contributed by atoms with Crippen molar-refractivity contribution in [1.82, 2.24) is 4.90 Å². The van der Waals surface area contributed by atoms with Gasteiger partial charge in [-0.1, -0.05) is 6.92 Å². The topological polar surface area (TPSA) is 46.3 Å². The van der Waals surface area contributed by atoms with Crippen molar-refractivity contribution in [3.05, 3.63) is 0 Å². The molecule has 0 aromatic rings. The van der Waals surface area contributed by atoms with Gasteiger partial charge in [-0.2, -0.15) is 0 Å². The fraction of sp³-hybridized carbons (Fsp3) is 0.923. The molecule has 1 rings (SSSR count). The van der Waals surface area contributed by atoms with Crippen LogP contribution in [0.15, 0.2) is 0 Å². The molecule has 2 unspecified atom stereocenters. The maximum absolute atomic E-state index is 12.1. The summed E-state index contributed by atoms with van der Waals surface area (Å²) in [7, 11) is 0. The normalized spacial score (nSPS) is 26.2. The Morgan fingerprint density at radius 1 is 1.44 bits per heavy atom. The van der Waals surface area contributed by atoms with Gasteiger partial charge >= 0.3 is 0 Å². The molecule has 16 heavy (non-hydrogen) atoms. The van der Waals surface area contributed by atoms with Crippen molar-refractivity contribution < 1.29 is 4.79 Å². The highest BCUT2D eigenvalue weighted by atomic mass is 16.2. The van der Waals surface area contributed by atoms with Gasteiger partial charge in [0.05, 0.1) is 0 Å². The Balaban J connectivity index is 2.52. The van der Waals surface area contributed by atoms with Gasteiger partial charge in [0, 0.05) is 24.0 Å². The van der Waals surface area contributed by atoms with Gasteiger partial charge in [0.2, 0.25) is 5.91 Å². The number of carbonyl (C=O) groups is 1. The maximum atomic E-state index is 12.1. The number of nitrogens with zero attached hydrogens (tertiary/aromatic N) is 1. The molecule has 0 aliphatic carbocycles. The van der Waals surface area contributed by atoms with E-state index >= 15 is 0 Å². The van der Waals surface area contributed by atoms with Gasteiger partial charge in [0.15, 0.2) is 0 Å². The summed E-state index contributed by atoms with van der Waals surface area (Å²) in [6.07, 6.45) is 4.74. The van der Waals surface area contributed by atoms with Crippen LogP contribution in [0.1, 0.15) is 59.8 Å². The fourth-order valence-electron chi connectivity index (χ4n) is 2.48. The van der Waals surface area contributed by atoms with Crippen LogP contribution in [-0.2, 0) is 4.79 Å². The van der Waals surface area contributed by atoms with Gasteiger partial charge in [0.25, 0.3) is 0 Å². The van der Waals surface area contributed by atoms with Crippen molar-refractivity contribution in [2.24, 2.45) is 5.73 Å². The van der Waals surface area contributed by atoms with Gasteiger partial charge in [-0.25, -0.2) is 0 Å². The number of amides is 1. The van der Waals surface area contributed by atoms with E-state index in [2.05, 4.69) is 18.7 Å². The molecule has 3 nitrogen and oxygen atoms in total. The third-order valence-corrected chi connectivity index (χ3v) is 3.53. The van der Waals surface area contributed by atoms with Crippen LogP contribution in [0.3, 0.4) is 0 Å². The van der Waals surface area contributed by atoms with Crippen LogP contribution < -0.4 is 5.73 Å². The molecule has 2 N–H and O–H groups in total. The van der Waals surface area contributed by atoms with Crippen molar-refractivity contribution >= 4 is 5.91 Å². The Kier molecular flexibility index (Phi) is 4.36. The van der Waals surface area contributed by atoms with Crippen molar-refractivity contribution in [3.8, 4) is 0 Å². The van der Waals surface area contributed by atoms with Crippen molar-refractivity contribution in [2.45, 2.75) is 77.4 Å². The van der Waals surface area contributed by atoms with E-state index in [1.54, 1.807) is 0 Å². The molecule has 1 aliphatic rings. The minimum Gasteiger partial charge on any atom is -0.337 e. The Morgan fingerprint density at radius 2 is 2.06 bits per heavy atom. The first-order valence-electron chi connectivity index (χ1n) is 6.45. The summed E-state index contributed by atoms with van der Waals surface area (Å²) in [5.41, 5.74) is 5.68. The van der Waals surface area contributed by atoms with E-state index in [1.807, 2.05) is 13.8 Å². The van der Waals surface area contributed by atoms with E-state index in [-0.39, 0.29) is 11.4 Å². The second kappa shape index (κ2) is 5.17. The lowest BCUT2D eigenvalue weighted by molar-refractivity contribution is -0.134. The van der Waals surface area contributed by atoms with Crippen LogP contribution >= 0.6 is 0 Å². The average molecular weight is 226 g/mol. The third-order valence-electron chi connectivity index (χ3n) is 3.53. The summed E-state index contributed by atoms with van der Waals surface area (Å²) in [5.74, 6) is 0.287. The first-order chi connectivity index (χ1) is 7.35. The molecule has 2 atom stereocenters. The number of hydrogen-bond donors (Lipinski definition) is 1. The van der Waals surface area contributed by atoms with Crippen molar-refractivity contribution in [1.29, 1.82) is 0 Å². The molecule has 0 saturated carbocycles. The number of nitrogens with two attached hydrogens (primary N) is 1. The lowest BCUT2D eigenvalue weighted by atomic mass is 9.99. The zero-order chi connectivity index (χ0) is 12.3. The number of carbonyl (C=O) groups excluding carboxylic acids is 1. The summed E-state index contributed by atoms with van der Waals surface area (Å²) in [4.78, 5) is 14.2. The second-order valence-electron chi connectivity index (χ2n) is 5.78. The minimum absolute atomic E-state index is 0.236. The predicted octanol–water partition coefficient (Wildman–Crippen LogP) is 2.29. The molecule has 1 fully saturated rings. The summed E-state index contributed by atoms with van der Waals surface area (Å²) >= 11 is 0. The predicted molar refractivity (Wildman–Crippen MR) is 67.1 cm³/mol. The van der Waals surface area contributed by atoms with Crippen LogP contribution in [0.2, 0.25) is 0 Å². The molecular weight excluding hydrogens is 200 g/mol. The Bertz CT molecular complexity index is 245. The lowest BCUT2D eigenvalue weighted by Gasteiger charge is -2.29. The summed E-state index contributed by atoms with van der Waals surface area (Å²) < 4.78 is 0. The van der Waals surface area contributed by atoms with Crippen molar-refractivity contribution in [3.63, 3.8) is 0 Å². The maximum Gasteiger partial charge on any atom is 0.223 e. The standard InChI is InChI=1S/C13H26N2O/c1-5-11-7-6-10(2)15(11)12(16)8-9-13(3,4)14/h10-11H,5-9,14H2,1-4H3. The van der Waals surface area contributed by atoms with Gasteiger partial charge in [0.1, 0.15) is 0 Å². The highest BCUT2D eigenvalue weighted by Gasteiger charge is 2.33. The second-order valence-corrected chi connectivity index (χ2v) is 5.78. The molecular formula is C13H26N2O. The summed E-state index contributed by atoms with van der Waals surface area (Å²) in [5, 5.41) is 0. The van der Waals surface area contributed by atoms with Crippen LogP contribution in [0.25, 0.3) is 0 Å². The van der Waals surface area contributed by atoms with Gasteiger partial charge in [-0.15, -0.1) is 0 Å². The van der Waals surface area contributed by atoms with E-state index in [0.29, 0.717) is 18.5 Å². The molecule has 3 heteroatoms. The first-order valence-corrected chi connectivity index (χ1v) is 6.45. The minimum atomic E-state index is -0.236. The highest BCUT2D eigenvalue weighted by molar-refractivity contribution is 5.77. The van der Waals surface area contributed by atoms with Gasteiger partial charge < -0.3 is 10.6 Å². The van der Waals surface area contributed by atoms with Crippen LogP contribution in [0.4, 0.5) is 0 Å². The number of rotatable bonds is 4. The first kappa shape index (κ1) is 13.5. The Labute approximate surface area is 99.4 Å². The molecule has 0 spiro atoms.